The number of nitrogens with zero attached hydrogens (tertiary/aromatic N) is 1. The predicted octanol–water partition coefficient (Wildman–Crippen LogP) is 11.5. The Morgan fingerprint density at radius 3 is 0.585 bits per heavy atom. The number of quaternary nitrogens is 1. The minimum Gasteiger partial charge on any atom is -0.328 e. The molecule has 0 saturated carbocycles. The summed E-state index contributed by atoms with van der Waals surface area (Å²) < 4.78 is 1.25. The summed E-state index contributed by atoms with van der Waals surface area (Å²) in [7, 11) is 4.94. The second kappa shape index (κ2) is 39.3. The third-order valence-electron chi connectivity index (χ3n) is 9.23. The third kappa shape index (κ3) is 41.3. The van der Waals surface area contributed by atoms with Crippen molar-refractivity contribution in [2.75, 3.05) is 27.2 Å². The molecule has 0 aliphatic heterocycles. The van der Waals surface area contributed by atoms with E-state index in [0.717, 1.165) is 0 Å². The highest BCUT2D eigenvalue weighted by Gasteiger charge is 2.13. The summed E-state index contributed by atoms with van der Waals surface area (Å²) in [6, 6.07) is 0. The second-order valence-corrected chi connectivity index (χ2v) is 14.0. The highest BCUT2D eigenvalue weighted by atomic mass is 27.0. The van der Waals surface area contributed by atoms with Gasteiger partial charge in [-0.1, -0.05) is 194 Å². The topological polar surface area (TPSA) is 0 Å². The zero-order valence-corrected chi connectivity index (χ0v) is 28.5. The standard InChI is InChI=1S/C38H80N.Al.Mg.5H/c1-5-7-9-11-13-15-17-19-21-23-25-27-29-31-33-35-37-39(3,4)38-36-34-32-30-28-26-24-22-20-18-16-14-12-10-8-6-2;;;;;;;/h5-38H2,1-4H3;;;;;;;/q+1;;;;;;;. The van der Waals surface area contributed by atoms with Crippen LogP contribution in [0.4, 0.5) is 0 Å². The fourth-order valence-electron chi connectivity index (χ4n) is 6.29. The Balaban J connectivity index is -0.00000722. The number of hydrogen-bond donors (Lipinski definition) is 0. The van der Waals surface area contributed by atoms with Gasteiger partial charge in [0.1, 0.15) is 0 Å². The number of rotatable bonds is 34. The summed E-state index contributed by atoms with van der Waals surface area (Å²) in [6.07, 6.45) is 46.9. The molecule has 246 valence electrons. The molecule has 0 aliphatic rings. The molecule has 0 heterocycles. The molecule has 0 unspecified atom stereocenters. The molecule has 0 bridgehead atoms. The lowest BCUT2D eigenvalue weighted by molar-refractivity contribution is -0.890. The van der Waals surface area contributed by atoms with Crippen molar-refractivity contribution in [2.45, 2.75) is 219 Å². The molecule has 0 aliphatic carbocycles. The van der Waals surface area contributed by atoms with E-state index in [4.69, 9.17) is 0 Å². The van der Waals surface area contributed by atoms with Crippen LogP contribution in [0.5, 0.6) is 0 Å². The van der Waals surface area contributed by atoms with Crippen molar-refractivity contribution in [1.82, 2.24) is 0 Å². The highest BCUT2D eigenvalue weighted by molar-refractivity contribution is 5.76. The molecule has 0 aromatic heterocycles. The molecule has 0 fully saturated rings. The molecule has 3 heteroatoms. The van der Waals surface area contributed by atoms with Crippen molar-refractivity contribution in [3.8, 4) is 0 Å². The Kier molecular flexibility index (Phi) is 44.7. The monoisotopic (exact) mass is 607 g/mol. The molecular weight excluding hydrogens is 522 g/mol. The zero-order chi connectivity index (χ0) is 28.5. The first-order chi connectivity index (χ1) is 19.1. The van der Waals surface area contributed by atoms with Crippen LogP contribution in [0, 0.1) is 0 Å². The van der Waals surface area contributed by atoms with Gasteiger partial charge in [0.15, 0.2) is 17.4 Å². The van der Waals surface area contributed by atoms with Crippen LogP contribution >= 0.6 is 0 Å². The molecular formula is C38H85AlMgN+. The van der Waals surface area contributed by atoms with Crippen LogP contribution in [-0.2, 0) is 0 Å². The summed E-state index contributed by atoms with van der Waals surface area (Å²) in [4.78, 5) is 0. The smallest absolute Gasteiger partial charge is 0.316 e. The van der Waals surface area contributed by atoms with E-state index in [1.54, 1.807) is 0 Å². The van der Waals surface area contributed by atoms with Crippen molar-refractivity contribution in [3.05, 3.63) is 0 Å². The third-order valence-corrected chi connectivity index (χ3v) is 9.23. The molecule has 1 nitrogen and oxygen atoms in total. The van der Waals surface area contributed by atoms with Gasteiger partial charge in [0.2, 0.25) is 0 Å². The Morgan fingerprint density at radius 2 is 0.415 bits per heavy atom. The maximum absolute atomic E-state index is 2.47. The van der Waals surface area contributed by atoms with E-state index in [-0.39, 0.29) is 40.4 Å². The van der Waals surface area contributed by atoms with Crippen LogP contribution in [0.1, 0.15) is 219 Å². The molecule has 0 saturated heterocycles. The van der Waals surface area contributed by atoms with Crippen LogP contribution in [-0.4, -0.2) is 72.1 Å². The van der Waals surface area contributed by atoms with Gasteiger partial charge in [-0.05, 0) is 25.7 Å². The van der Waals surface area contributed by atoms with Gasteiger partial charge < -0.3 is 4.48 Å². The van der Waals surface area contributed by atoms with E-state index >= 15 is 0 Å². The van der Waals surface area contributed by atoms with Crippen molar-refractivity contribution in [3.63, 3.8) is 0 Å². The number of unbranched alkanes of at least 4 members (excludes halogenated alkanes) is 30. The Hall–Kier alpha value is 1.26. The average Bonchev–Trinajstić information content (AvgIpc) is 2.92. The van der Waals surface area contributed by atoms with E-state index in [0.29, 0.717) is 0 Å². The molecule has 0 aromatic carbocycles. The van der Waals surface area contributed by atoms with Crippen molar-refractivity contribution < 1.29 is 4.48 Å². The molecule has 0 rings (SSSR count). The lowest BCUT2D eigenvalue weighted by Crippen LogP contribution is -2.41. The van der Waals surface area contributed by atoms with E-state index < -0.39 is 0 Å². The Bertz CT molecular complexity index is 404. The molecule has 0 N–H and O–H groups in total. The van der Waals surface area contributed by atoms with Gasteiger partial charge in [0, 0.05) is 0 Å². The predicted molar refractivity (Wildman–Crippen MR) is 199 cm³/mol. The summed E-state index contributed by atoms with van der Waals surface area (Å²) in [6.45, 7) is 7.39. The number of hydrogen-bond acceptors (Lipinski definition) is 0. The van der Waals surface area contributed by atoms with Gasteiger partial charge in [0.25, 0.3) is 0 Å². The summed E-state index contributed by atoms with van der Waals surface area (Å²) in [5, 5.41) is 0. The van der Waals surface area contributed by atoms with E-state index in [1.165, 1.54) is 223 Å². The first-order valence-corrected chi connectivity index (χ1v) is 18.9. The molecule has 0 radical (unpaired) electrons. The minimum absolute atomic E-state index is 0. The van der Waals surface area contributed by atoms with Crippen LogP contribution in [0.25, 0.3) is 0 Å². The van der Waals surface area contributed by atoms with Crippen molar-refractivity contribution in [2.24, 2.45) is 0 Å². The van der Waals surface area contributed by atoms with Crippen LogP contribution in [0.2, 0.25) is 0 Å². The van der Waals surface area contributed by atoms with E-state index in [1.807, 2.05) is 0 Å². The maximum Gasteiger partial charge on any atom is 0.316 e. The van der Waals surface area contributed by atoms with Crippen molar-refractivity contribution in [1.29, 1.82) is 0 Å². The van der Waals surface area contributed by atoms with Gasteiger partial charge >= 0.3 is 23.1 Å². The van der Waals surface area contributed by atoms with Crippen LogP contribution in [0.3, 0.4) is 0 Å². The van der Waals surface area contributed by atoms with Gasteiger partial charge in [-0.15, -0.1) is 0 Å². The first kappa shape index (κ1) is 46.7. The summed E-state index contributed by atoms with van der Waals surface area (Å²) >= 11 is 0. The van der Waals surface area contributed by atoms with Gasteiger partial charge in [-0.2, -0.15) is 0 Å². The SMILES string of the molecule is CCCCCCCCCCCCCCCCCC[N+](C)(C)CCCCCCCCCCCCCCCCCC.[AlH3].[MgH2]. The van der Waals surface area contributed by atoms with E-state index in [2.05, 4.69) is 27.9 Å². The quantitative estimate of drug-likeness (QED) is 0.0388. The normalized spacial score (nSPS) is 11.4. The van der Waals surface area contributed by atoms with Gasteiger partial charge in [0.05, 0.1) is 27.2 Å². The summed E-state index contributed by atoms with van der Waals surface area (Å²) in [5.41, 5.74) is 0. The Labute approximate surface area is 289 Å². The molecule has 0 atom stereocenters. The molecule has 0 aromatic rings. The molecule has 0 amide bonds. The fraction of sp³-hybridized carbons (Fsp3) is 1.00. The van der Waals surface area contributed by atoms with Crippen LogP contribution in [0.15, 0.2) is 0 Å². The molecule has 0 spiro atoms. The first-order valence-electron chi connectivity index (χ1n) is 18.9. The average molecular weight is 607 g/mol. The van der Waals surface area contributed by atoms with Gasteiger partial charge in [-0.3, -0.25) is 0 Å². The van der Waals surface area contributed by atoms with Crippen molar-refractivity contribution >= 4 is 40.4 Å². The zero-order valence-electron chi connectivity index (χ0n) is 28.5. The lowest BCUT2D eigenvalue weighted by atomic mass is 10.0. The fourth-order valence-corrected chi connectivity index (χ4v) is 6.29. The van der Waals surface area contributed by atoms with Crippen LogP contribution < -0.4 is 0 Å². The van der Waals surface area contributed by atoms with E-state index in [9.17, 15) is 0 Å². The largest absolute Gasteiger partial charge is 0.328 e. The maximum atomic E-state index is 2.47. The second-order valence-electron chi connectivity index (χ2n) is 14.0. The molecule has 41 heavy (non-hydrogen) atoms. The van der Waals surface area contributed by atoms with Gasteiger partial charge in [-0.25, -0.2) is 0 Å². The lowest BCUT2D eigenvalue weighted by Gasteiger charge is -2.30. The minimum atomic E-state index is 0. The highest BCUT2D eigenvalue weighted by Crippen LogP contribution is 2.16. The summed E-state index contributed by atoms with van der Waals surface area (Å²) in [5.74, 6) is 0. The Morgan fingerprint density at radius 1 is 0.268 bits per heavy atom.